The van der Waals surface area contributed by atoms with Crippen molar-refractivity contribution in [3.63, 3.8) is 0 Å². The number of hydrogen-bond donors (Lipinski definition) is 2. The van der Waals surface area contributed by atoms with Gasteiger partial charge < -0.3 is 16.0 Å². The second kappa shape index (κ2) is 9.00. The molecule has 1 saturated heterocycles. The van der Waals surface area contributed by atoms with Gasteiger partial charge in [-0.05, 0) is 60.1 Å². The number of aromatic nitrogens is 1. The molecule has 2 aromatic carbocycles. The number of piperazine rings is 1. The van der Waals surface area contributed by atoms with Gasteiger partial charge in [0.15, 0.2) is 0 Å². The van der Waals surface area contributed by atoms with Crippen molar-refractivity contribution >= 4 is 17.2 Å². The Kier molecular flexibility index (Phi) is 5.69. The first kappa shape index (κ1) is 22.1. The van der Waals surface area contributed by atoms with Gasteiger partial charge in [-0.2, -0.15) is 4.39 Å². The highest BCUT2D eigenvalue weighted by Crippen LogP contribution is 2.35. The summed E-state index contributed by atoms with van der Waals surface area (Å²) in [4.78, 5) is 9.08. The Morgan fingerprint density at radius 3 is 2.43 bits per heavy atom. The summed E-state index contributed by atoms with van der Waals surface area (Å²) in [6, 6.07) is 16.2. The molecule has 0 bridgehead atoms. The second-order valence-corrected chi connectivity index (χ2v) is 10.1. The smallest absolute Gasteiger partial charge is 0.222 e. The summed E-state index contributed by atoms with van der Waals surface area (Å²) in [5.41, 5.74) is 13.6. The number of pyridine rings is 1. The van der Waals surface area contributed by atoms with Gasteiger partial charge in [-0.25, -0.2) is 4.98 Å². The van der Waals surface area contributed by atoms with Crippen LogP contribution < -0.4 is 16.0 Å². The fourth-order valence-corrected chi connectivity index (χ4v) is 5.35. The van der Waals surface area contributed by atoms with Crippen molar-refractivity contribution in [1.82, 2.24) is 15.2 Å². The number of benzene rings is 2. The molecule has 1 aliphatic carbocycles. The van der Waals surface area contributed by atoms with Gasteiger partial charge in [0, 0.05) is 67.3 Å². The van der Waals surface area contributed by atoms with Gasteiger partial charge in [-0.15, -0.1) is 0 Å². The number of hydrogen-bond acceptors (Lipinski definition) is 5. The lowest BCUT2D eigenvalue weighted by molar-refractivity contribution is 0.248. The molecule has 2 fully saturated rings. The van der Waals surface area contributed by atoms with Gasteiger partial charge in [0.05, 0.1) is 0 Å². The highest BCUT2D eigenvalue weighted by atomic mass is 19.1. The zero-order valence-electron chi connectivity index (χ0n) is 20.1. The summed E-state index contributed by atoms with van der Waals surface area (Å²) in [6.45, 7) is 10.5. The van der Waals surface area contributed by atoms with E-state index in [9.17, 15) is 4.39 Å². The monoisotopic (exact) mass is 469 g/mol. The predicted molar refractivity (Wildman–Crippen MR) is 142 cm³/mol. The minimum atomic E-state index is -0.539. The number of nitrogens with zero attached hydrogens (tertiary/aromatic N) is 3. The minimum Gasteiger partial charge on any atom is -0.385 e. The summed E-state index contributed by atoms with van der Waals surface area (Å²) < 4.78 is 14.9. The van der Waals surface area contributed by atoms with E-state index in [1.165, 1.54) is 30.6 Å². The minimum absolute atomic E-state index is 0.208. The van der Waals surface area contributed by atoms with Gasteiger partial charge >= 0.3 is 0 Å². The van der Waals surface area contributed by atoms with Crippen LogP contribution >= 0.6 is 0 Å². The Morgan fingerprint density at radius 1 is 0.943 bits per heavy atom. The van der Waals surface area contributed by atoms with E-state index < -0.39 is 5.95 Å². The van der Waals surface area contributed by atoms with E-state index >= 15 is 0 Å². The number of nitrogen functional groups attached to an aromatic ring is 1. The summed E-state index contributed by atoms with van der Waals surface area (Å²) >= 11 is 0. The Morgan fingerprint density at radius 2 is 1.69 bits per heavy atom. The molecule has 1 aromatic heterocycles. The molecule has 35 heavy (non-hydrogen) atoms. The normalized spacial score (nSPS) is 18.3. The van der Waals surface area contributed by atoms with Crippen LogP contribution in [0.1, 0.15) is 24.0 Å². The van der Waals surface area contributed by atoms with Crippen molar-refractivity contribution in [2.24, 2.45) is 5.92 Å². The van der Waals surface area contributed by atoms with E-state index in [4.69, 9.17) is 5.73 Å². The van der Waals surface area contributed by atoms with Crippen LogP contribution in [0.5, 0.6) is 0 Å². The first-order valence-corrected chi connectivity index (χ1v) is 12.7. The van der Waals surface area contributed by atoms with Crippen LogP contribution in [0.3, 0.4) is 0 Å². The number of rotatable bonds is 5. The lowest BCUT2D eigenvalue weighted by Gasteiger charge is -2.36. The highest BCUT2D eigenvalue weighted by molar-refractivity contribution is 5.82. The molecule has 0 unspecified atom stereocenters. The highest BCUT2D eigenvalue weighted by Gasteiger charge is 2.26. The van der Waals surface area contributed by atoms with E-state index in [-0.39, 0.29) is 5.82 Å². The van der Waals surface area contributed by atoms with Gasteiger partial charge in [0.25, 0.3) is 0 Å². The predicted octanol–water partition coefficient (Wildman–Crippen LogP) is 4.79. The molecule has 0 amide bonds. The van der Waals surface area contributed by atoms with Crippen LogP contribution in [0, 0.1) is 11.9 Å². The van der Waals surface area contributed by atoms with Crippen LogP contribution in [0.25, 0.3) is 28.0 Å². The summed E-state index contributed by atoms with van der Waals surface area (Å²) in [5.74, 6) is 0.606. The molecule has 3 aromatic rings. The molecule has 0 spiro atoms. The molecule has 0 atom stereocenters. The van der Waals surface area contributed by atoms with Crippen molar-refractivity contribution in [1.29, 1.82) is 0 Å². The summed E-state index contributed by atoms with van der Waals surface area (Å²) in [5, 5.41) is 3.30. The molecular weight excluding hydrogens is 437 g/mol. The van der Waals surface area contributed by atoms with Gasteiger partial charge in [-0.1, -0.05) is 36.9 Å². The topological polar surface area (TPSA) is 57.4 Å². The average Bonchev–Trinajstić information content (AvgIpc) is 3.69. The summed E-state index contributed by atoms with van der Waals surface area (Å²) in [6.07, 6.45) is 3.72. The molecule has 6 heteroatoms. The Balaban J connectivity index is 1.23. The molecular formula is C29H32FN5. The average molecular weight is 470 g/mol. The Bertz CT molecular complexity index is 1260. The first-order valence-electron chi connectivity index (χ1n) is 12.7. The van der Waals surface area contributed by atoms with Crippen molar-refractivity contribution in [3.8, 4) is 22.3 Å². The lowest BCUT2D eigenvalue weighted by Crippen LogP contribution is -2.47. The Hall–Kier alpha value is -3.38. The zero-order chi connectivity index (χ0) is 23.9. The molecule has 2 aliphatic heterocycles. The molecule has 3 aliphatic rings. The molecule has 0 radical (unpaired) electrons. The number of halogens is 1. The van der Waals surface area contributed by atoms with E-state index in [0.29, 0.717) is 5.56 Å². The van der Waals surface area contributed by atoms with Crippen molar-refractivity contribution in [2.75, 3.05) is 49.9 Å². The number of nitrogens with two attached hydrogens (primary N) is 1. The van der Waals surface area contributed by atoms with Crippen LogP contribution in [-0.2, 0) is 6.42 Å². The van der Waals surface area contributed by atoms with Crippen LogP contribution in [-0.4, -0.2) is 49.2 Å². The molecule has 1 saturated carbocycles. The standard InChI is InChI=1S/C29H32FN5/c1-19-25-9-6-22(16-23(25)10-11-32-19)27-17-26(28(30)33-29(27)31)21-4-7-24(8-5-21)35-14-12-34(13-15-35)18-20-2-3-20/h4-9,16-17,20,32H,1-3,10-15,18H2,(H2,31,33). The van der Waals surface area contributed by atoms with E-state index in [1.54, 1.807) is 0 Å². The van der Waals surface area contributed by atoms with Gasteiger partial charge in [0.2, 0.25) is 5.95 Å². The van der Waals surface area contributed by atoms with Crippen LogP contribution in [0.2, 0.25) is 0 Å². The fourth-order valence-electron chi connectivity index (χ4n) is 5.35. The number of fused-ring (bicyclic) bond motifs is 1. The van der Waals surface area contributed by atoms with Crippen molar-refractivity contribution in [2.45, 2.75) is 19.3 Å². The molecule has 180 valence electrons. The van der Waals surface area contributed by atoms with Gasteiger partial charge in [-0.3, -0.25) is 4.90 Å². The maximum absolute atomic E-state index is 14.9. The van der Waals surface area contributed by atoms with E-state index in [0.717, 1.165) is 73.0 Å². The maximum Gasteiger partial charge on any atom is 0.222 e. The maximum atomic E-state index is 14.9. The Labute approximate surface area is 206 Å². The third-order valence-corrected chi connectivity index (χ3v) is 7.61. The van der Waals surface area contributed by atoms with Crippen molar-refractivity contribution in [3.05, 3.63) is 72.2 Å². The molecule has 3 heterocycles. The third kappa shape index (κ3) is 4.50. The lowest BCUT2D eigenvalue weighted by atomic mass is 9.93. The van der Waals surface area contributed by atoms with E-state index in [2.05, 4.69) is 50.9 Å². The van der Waals surface area contributed by atoms with E-state index in [1.807, 2.05) is 24.3 Å². The molecule has 3 N–H and O–H groups in total. The summed E-state index contributed by atoms with van der Waals surface area (Å²) in [7, 11) is 0. The number of anilines is 2. The number of nitrogens with one attached hydrogen (secondary N) is 1. The molecule has 6 rings (SSSR count). The van der Waals surface area contributed by atoms with Gasteiger partial charge in [0.1, 0.15) is 5.82 Å². The largest absolute Gasteiger partial charge is 0.385 e. The second-order valence-electron chi connectivity index (χ2n) is 10.1. The zero-order valence-corrected chi connectivity index (χ0v) is 20.1. The quantitative estimate of drug-likeness (QED) is 0.527. The van der Waals surface area contributed by atoms with Crippen LogP contribution in [0.4, 0.5) is 15.9 Å². The molecule has 5 nitrogen and oxygen atoms in total. The first-order chi connectivity index (χ1) is 17.0. The third-order valence-electron chi connectivity index (χ3n) is 7.61. The SMILES string of the molecule is C=C1NCCc2cc(-c3cc(-c4ccc(N5CCN(CC6CC6)CC5)cc4)c(F)nc3N)ccc21. The fraction of sp³-hybridized carbons (Fsp3) is 0.345. The van der Waals surface area contributed by atoms with Crippen molar-refractivity contribution < 1.29 is 4.39 Å². The van der Waals surface area contributed by atoms with Crippen LogP contribution in [0.15, 0.2) is 55.1 Å².